The second-order valence-corrected chi connectivity index (χ2v) is 7.05. The molecule has 0 saturated carbocycles. The van der Waals surface area contributed by atoms with Gasteiger partial charge >= 0.3 is 6.03 Å². The SMILES string of the molecule is Cc1cc(NC(=O)NNC(=O)c2sccc2Cl)ccc1N1CCOCC1=O. The average molecular weight is 409 g/mol. The van der Waals surface area contributed by atoms with E-state index in [1.54, 1.807) is 34.5 Å². The summed E-state index contributed by atoms with van der Waals surface area (Å²) in [6.07, 6.45) is 0. The molecule has 2 aromatic rings. The monoisotopic (exact) mass is 408 g/mol. The van der Waals surface area contributed by atoms with Gasteiger partial charge in [0, 0.05) is 17.9 Å². The summed E-state index contributed by atoms with van der Waals surface area (Å²) in [5.41, 5.74) is 6.69. The van der Waals surface area contributed by atoms with Gasteiger partial charge in [0.05, 0.1) is 11.6 Å². The number of nitrogens with zero attached hydrogens (tertiary/aromatic N) is 1. The molecule has 0 bridgehead atoms. The summed E-state index contributed by atoms with van der Waals surface area (Å²) in [4.78, 5) is 37.8. The maximum Gasteiger partial charge on any atom is 0.337 e. The summed E-state index contributed by atoms with van der Waals surface area (Å²) in [6, 6.07) is 6.19. The number of halogens is 1. The van der Waals surface area contributed by atoms with E-state index in [9.17, 15) is 14.4 Å². The largest absolute Gasteiger partial charge is 0.370 e. The Bertz CT molecular complexity index is 886. The fourth-order valence-corrected chi connectivity index (χ4v) is 3.63. The predicted octanol–water partition coefficient (Wildman–Crippen LogP) is 2.54. The smallest absolute Gasteiger partial charge is 0.337 e. The first-order chi connectivity index (χ1) is 13.0. The number of aryl methyl sites for hydroxylation is 1. The Hall–Kier alpha value is -2.62. The molecule has 142 valence electrons. The van der Waals surface area contributed by atoms with Crippen molar-refractivity contribution in [1.29, 1.82) is 0 Å². The van der Waals surface area contributed by atoms with Gasteiger partial charge in [0.2, 0.25) is 0 Å². The van der Waals surface area contributed by atoms with E-state index in [1.165, 1.54) is 11.3 Å². The van der Waals surface area contributed by atoms with E-state index in [4.69, 9.17) is 16.3 Å². The third kappa shape index (κ3) is 4.57. The summed E-state index contributed by atoms with van der Waals surface area (Å²) in [5.74, 6) is -0.597. The van der Waals surface area contributed by atoms with E-state index >= 15 is 0 Å². The number of thiophene rings is 1. The number of urea groups is 1. The van der Waals surface area contributed by atoms with E-state index in [2.05, 4.69) is 16.2 Å². The molecule has 0 radical (unpaired) electrons. The minimum absolute atomic E-state index is 0.0653. The van der Waals surface area contributed by atoms with Crippen molar-refractivity contribution in [3.63, 3.8) is 0 Å². The maximum atomic E-state index is 12.0. The first kappa shape index (κ1) is 19.2. The molecular weight excluding hydrogens is 392 g/mol. The zero-order chi connectivity index (χ0) is 19.4. The summed E-state index contributed by atoms with van der Waals surface area (Å²) >= 11 is 7.05. The first-order valence-electron chi connectivity index (χ1n) is 8.05. The standard InChI is InChI=1S/C17H17ClN4O4S/c1-10-8-11(2-3-13(10)22-5-6-26-9-14(22)23)19-17(25)21-20-16(24)15-12(18)4-7-27-15/h2-4,7-8H,5-6,9H2,1H3,(H,20,24)(H2,19,21,25). The van der Waals surface area contributed by atoms with Crippen LogP contribution in [-0.2, 0) is 9.53 Å². The molecule has 1 aliphatic heterocycles. The van der Waals surface area contributed by atoms with Gasteiger partial charge in [0.1, 0.15) is 11.5 Å². The molecule has 1 aromatic carbocycles. The normalized spacial score (nSPS) is 14.0. The highest BCUT2D eigenvalue weighted by Gasteiger charge is 2.21. The fraction of sp³-hybridized carbons (Fsp3) is 0.235. The summed E-state index contributed by atoms with van der Waals surface area (Å²) in [7, 11) is 0. The van der Waals surface area contributed by atoms with Crippen molar-refractivity contribution < 1.29 is 19.1 Å². The highest BCUT2D eigenvalue weighted by molar-refractivity contribution is 7.12. The van der Waals surface area contributed by atoms with Crippen LogP contribution in [0.25, 0.3) is 0 Å². The number of amides is 4. The minimum Gasteiger partial charge on any atom is -0.370 e. The lowest BCUT2D eigenvalue weighted by Crippen LogP contribution is -2.43. The van der Waals surface area contributed by atoms with E-state index in [-0.39, 0.29) is 12.5 Å². The number of carbonyl (C=O) groups excluding carboxylic acids is 3. The Labute approximate surface area is 164 Å². The average Bonchev–Trinajstić information content (AvgIpc) is 3.07. The van der Waals surface area contributed by atoms with E-state index in [1.807, 2.05) is 6.92 Å². The lowest BCUT2D eigenvalue weighted by Gasteiger charge is -2.28. The molecule has 8 nitrogen and oxygen atoms in total. The van der Waals surface area contributed by atoms with Gasteiger partial charge in [-0.05, 0) is 42.1 Å². The summed E-state index contributed by atoms with van der Waals surface area (Å²) in [5, 5.41) is 4.62. The van der Waals surface area contributed by atoms with Crippen LogP contribution in [0.3, 0.4) is 0 Å². The number of ether oxygens (including phenoxy) is 1. The number of hydrogen-bond acceptors (Lipinski definition) is 5. The van der Waals surface area contributed by atoms with E-state index in [0.717, 1.165) is 11.3 Å². The van der Waals surface area contributed by atoms with Crippen LogP contribution in [0.2, 0.25) is 5.02 Å². The van der Waals surface area contributed by atoms with Crippen LogP contribution in [0.4, 0.5) is 16.2 Å². The van der Waals surface area contributed by atoms with Crippen molar-refractivity contribution in [3.8, 4) is 0 Å². The minimum atomic E-state index is -0.606. The second-order valence-electron chi connectivity index (χ2n) is 5.73. The molecule has 0 spiro atoms. The van der Waals surface area contributed by atoms with Gasteiger partial charge in [-0.1, -0.05) is 11.6 Å². The van der Waals surface area contributed by atoms with Crippen molar-refractivity contribution in [2.75, 3.05) is 30.0 Å². The molecule has 1 aliphatic rings. The van der Waals surface area contributed by atoms with Crippen molar-refractivity contribution in [3.05, 3.63) is 45.1 Å². The molecule has 4 amide bonds. The van der Waals surface area contributed by atoms with Gasteiger partial charge in [0.15, 0.2) is 0 Å². The number of rotatable bonds is 3. The summed E-state index contributed by atoms with van der Waals surface area (Å²) < 4.78 is 5.13. The molecule has 0 aliphatic carbocycles. The molecule has 1 aromatic heterocycles. The van der Waals surface area contributed by atoms with Crippen molar-refractivity contribution >= 4 is 52.2 Å². The Morgan fingerprint density at radius 3 is 2.74 bits per heavy atom. The van der Waals surface area contributed by atoms with Crippen molar-refractivity contribution in [2.24, 2.45) is 0 Å². The number of morpholine rings is 1. The number of anilines is 2. The lowest BCUT2D eigenvalue weighted by atomic mass is 10.1. The van der Waals surface area contributed by atoms with Crippen LogP contribution >= 0.6 is 22.9 Å². The molecule has 27 heavy (non-hydrogen) atoms. The van der Waals surface area contributed by atoms with Crippen LogP contribution < -0.4 is 21.1 Å². The van der Waals surface area contributed by atoms with E-state index in [0.29, 0.717) is 28.7 Å². The first-order valence-corrected chi connectivity index (χ1v) is 9.30. The van der Waals surface area contributed by atoms with Gasteiger partial charge in [-0.3, -0.25) is 15.0 Å². The molecule has 2 heterocycles. The molecule has 1 fully saturated rings. The van der Waals surface area contributed by atoms with Crippen LogP contribution in [0.1, 0.15) is 15.2 Å². The number of nitrogens with one attached hydrogen (secondary N) is 3. The molecule has 3 N–H and O–H groups in total. The van der Waals surface area contributed by atoms with Gasteiger partial charge < -0.3 is 15.0 Å². The number of hydrogen-bond donors (Lipinski definition) is 3. The zero-order valence-electron chi connectivity index (χ0n) is 14.4. The summed E-state index contributed by atoms with van der Waals surface area (Å²) in [6.45, 7) is 2.89. The molecule has 3 rings (SSSR count). The molecule has 1 saturated heterocycles. The van der Waals surface area contributed by atoms with Crippen molar-refractivity contribution in [2.45, 2.75) is 6.92 Å². The van der Waals surface area contributed by atoms with Crippen molar-refractivity contribution in [1.82, 2.24) is 10.9 Å². The topological polar surface area (TPSA) is 99.8 Å². The van der Waals surface area contributed by atoms with Crippen LogP contribution in [-0.4, -0.2) is 37.6 Å². The highest BCUT2D eigenvalue weighted by Crippen LogP contribution is 2.25. The van der Waals surface area contributed by atoms with Gasteiger partial charge in [-0.2, -0.15) is 0 Å². The van der Waals surface area contributed by atoms with E-state index < -0.39 is 11.9 Å². The Kier molecular flexibility index (Phi) is 5.94. The Morgan fingerprint density at radius 2 is 2.07 bits per heavy atom. The third-order valence-electron chi connectivity index (χ3n) is 3.84. The highest BCUT2D eigenvalue weighted by atomic mass is 35.5. The number of carbonyl (C=O) groups is 3. The van der Waals surface area contributed by atoms with Gasteiger partial charge in [-0.15, -0.1) is 11.3 Å². The Morgan fingerprint density at radius 1 is 1.26 bits per heavy atom. The fourth-order valence-electron chi connectivity index (χ4n) is 2.60. The molecule has 0 atom stereocenters. The number of benzene rings is 1. The third-order valence-corrected chi connectivity index (χ3v) is 5.18. The van der Waals surface area contributed by atoms with Gasteiger partial charge in [0.25, 0.3) is 11.8 Å². The maximum absolute atomic E-state index is 12.0. The zero-order valence-corrected chi connectivity index (χ0v) is 15.9. The quantitative estimate of drug-likeness (QED) is 0.679. The number of hydrazine groups is 1. The Balaban J connectivity index is 1.58. The van der Waals surface area contributed by atoms with Crippen LogP contribution in [0.5, 0.6) is 0 Å². The van der Waals surface area contributed by atoms with Crippen LogP contribution in [0, 0.1) is 6.92 Å². The second kappa shape index (κ2) is 8.38. The van der Waals surface area contributed by atoms with Crippen LogP contribution in [0.15, 0.2) is 29.6 Å². The molecular formula is C17H17ClN4O4S. The lowest BCUT2D eigenvalue weighted by molar-refractivity contribution is -0.125. The van der Waals surface area contributed by atoms with Gasteiger partial charge in [-0.25, -0.2) is 10.2 Å². The predicted molar refractivity (Wildman–Crippen MR) is 103 cm³/mol. The molecule has 0 unspecified atom stereocenters. The molecule has 10 heteroatoms.